The molecule has 0 aliphatic heterocycles. The molecular formula is C7H13N5O. The van der Waals surface area contributed by atoms with Crippen molar-refractivity contribution in [1.29, 1.82) is 0 Å². The van der Waals surface area contributed by atoms with Crippen molar-refractivity contribution in [2.45, 2.75) is 0 Å². The van der Waals surface area contributed by atoms with Crippen molar-refractivity contribution in [1.82, 2.24) is 19.7 Å². The molecule has 0 N–H and O–H groups in total. The Morgan fingerprint density at radius 1 is 1.38 bits per heavy atom. The second-order valence-corrected chi connectivity index (χ2v) is 3.06. The van der Waals surface area contributed by atoms with Crippen LogP contribution in [-0.4, -0.2) is 53.9 Å². The second kappa shape index (κ2) is 3.42. The van der Waals surface area contributed by atoms with Crippen molar-refractivity contribution in [3.05, 3.63) is 6.33 Å². The number of nitrogens with zero attached hydrogens (tertiary/aromatic N) is 5. The summed E-state index contributed by atoms with van der Waals surface area (Å²) in [7, 11) is 6.97. The molecule has 1 amide bonds. The zero-order valence-corrected chi connectivity index (χ0v) is 8.22. The molecule has 0 saturated carbocycles. The van der Waals surface area contributed by atoms with Gasteiger partial charge in [-0.2, -0.15) is 9.67 Å². The molecule has 13 heavy (non-hydrogen) atoms. The first kappa shape index (κ1) is 9.50. The van der Waals surface area contributed by atoms with Crippen LogP contribution in [0.2, 0.25) is 0 Å². The molecule has 0 fully saturated rings. The van der Waals surface area contributed by atoms with Crippen LogP contribution in [0, 0.1) is 0 Å². The molecule has 1 aromatic heterocycles. The molecular weight excluding hydrogens is 170 g/mol. The molecule has 0 unspecified atom stereocenters. The largest absolute Gasteiger partial charge is 0.346 e. The summed E-state index contributed by atoms with van der Waals surface area (Å²) in [5.41, 5.74) is 0. The van der Waals surface area contributed by atoms with Gasteiger partial charge in [0.05, 0.1) is 0 Å². The maximum absolute atomic E-state index is 11.3. The van der Waals surface area contributed by atoms with Crippen molar-refractivity contribution in [2.75, 3.05) is 33.1 Å². The van der Waals surface area contributed by atoms with Gasteiger partial charge in [-0.15, -0.1) is 5.10 Å². The Bertz CT molecular complexity index is 304. The highest BCUT2D eigenvalue weighted by molar-refractivity contribution is 5.75. The summed E-state index contributed by atoms with van der Waals surface area (Å²) in [5.74, 6) is 0.523. The summed E-state index contributed by atoms with van der Waals surface area (Å²) in [6.07, 6.45) is 1.40. The van der Waals surface area contributed by atoms with Gasteiger partial charge in [0, 0.05) is 28.2 Å². The minimum Gasteiger partial charge on any atom is -0.346 e. The number of rotatable bonds is 1. The topological polar surface area (TPSA) is 54.3 Å². The Balaban J connectivity index is 2.86. The van der Waals surface area contributed by atoms with Crippen LogP contribution in [-0.2, 0) is 0 Å². The maximum Gasteiger partial charge on any atom is 0.345 e. The fourth-order valence-corrected chi connectivity index (χ4v) is 0.756. The minimum atomic E-state index is -0.208. The fraction of sp³-hybridized carbons (Fsp3) is 0.571. The molecule has 72 valence electrons. The lowest BCUT2D eigenvalue weighted by Gasteiger charge is -2.08. The number of anilines is 1. The van der Waals surface area contributed by atoms with E-state index in [1.54, 1.807) is 19.0 Å². The van der Waals surface area contributed by atoms with Gasteiger partial charge in [-0.05, 0) is 0 Å². The Labute approximate surface area is 76.8 Å². The van der Waals surface area contributed by atoms with E-state index in [1.165, 1.54) is 15.9 Å². The highest BCUT2D eigenvalue weighted by atomic mass is 16.2. The fourth-order valence-electron chi connectivity index (χ4n) is 0.756. The smallest absolute Gasteiger partial charge is 0.345 e. The molecule has 0 saturated heterocycles. The zero-order valence-electron chi connectivity index (χ0n) is 8.22. The monoisotopic (exact) mass is 183 g/mol. The molecule has 0 bridgehead atoms. The van der Waals surface area contributed by atoms with Crippen LogP contribution in [0.25, 0.3) is 0 Å². The van der Waals surface area contributed by atoms with Gasteiger partial charge in [0.15, 0.2) is 0 Å². The Hall–Kier alpha value is -1.59. The summed E-state index contributed by atoms with van der Waals surface area (Å²) >= 11 is 0. The molecule has 1 heterocycles. The molecule has 6 nitrogen and oxygen atoms in total. The van der Waals surface area contributed by atoms with Gasteiger partial charge in [0.25, 0.3) is 0 Å². The Morgan fingerprint density at radius 2 is 2.00 bits per heavy atom. The van der Waals surface area contributed by atoms with E-state index in [9.17, 15) is 4.79 Å². The molecule has 6 heteroatoms. The van der Waals surface area contributed by atoms with Crippen molar-refractivity contribution >= 4 is 12.0 Å². The number of carbonyl (C=O) groups is 1. The molecule has 0 aliphatic carbocycles. The van der Waals surface area contributed by atoms with E-state index in [1.807, 2.05) is 14.1 Å². The summed E-state index contributed by atoms with van der Waals surface area (Å²) in [5, 5.41) is 3.97. The van der Waals surface area contributed by atoms with Crippen LogP contribution < -0.4 is 4.90 Å². The van der Waals surface area contributed by atoms with Crippen molar-refractivity contribution in [2.24, 2.45) is 0 Å². The summed E-state index contributed by atoms with van der Waals surface area (Å²) in [6, 6.07) is -0.208. The zero-order chi connectivity index (χ0) is 10.0. The maximum atomic E-state index is 11.3. The average molecular weight is 183 g/mol. The summed E-state index contributed by atoms with van der Waals surface area (Å²) in [4.78, 5) is 18.5. The van der Waals surface area contributed by atoms with Crippen LogP contribution >= 0.6 is 0 Å². The number of aromatic nitrogens is 3. The van der Waals surface area contributed by atoms with E-state index in [2.05, 4.69) is 10.1 Å². The van der Waals surface area contributed by atoms with E-state index < -0.39 is 0 Å². The lowest BCUT2D eigenvalue weighted by Crippen LogP contribution is -2.27. The molecule has 0 radical (unpaired) electrons. The first-order valence-corrected chi connectivity index (χ1v) is 3.83. The van der Waals surface area contributed by atoms with Crippen LogP contribution in [0.5, 0.6) is 0 Å². The van der Waals surface area contributed by atoms with E-state index in [4.69, 9.17) is 0 Å². The number of hydrogen-bond donors (Lipinski definition) is 0. The lowest BCUT2D eigenvalue weighted by molar-refractivity contribution is 0.216. The van der Waals surface area contributed by atoms with Gasteiger partial charge in [-0.1, -0.05) is 0 Å². The van der Waals surface area contributed by atoms with E-state index in [0.29, 0.717) is 5.95 Å². The normalized spacial score (nSPS) is 9.85. The van der Waals surface area contributed by atoms with Gasteiger partial charge in [-0.3, -0.25) is 0 Å². The number of carbonyl (C=O) groups excluding carboxylic acids is 1. The molecule has 0 spiro atoms. The molecule has 0 aliphatic rings. The predicted molar refractivity (Wildman–Crippen MR) is 48.8 cm³/mol. The molecule has 0 atom stereocenters. The SMILES string of the molecule is CN(C)C(=O)n1cnc(N(C)C)n1. The van der Waals surface area contributed by atoms with E-state index in [-0.39, 0.29) is 6.03 Å². The summed E-state index contributed by atoms with van der Waals surface area (Å²) in [6.45, 7) is 0. The highest BCUT2D eigenvalue weighted by Gasteiger charge is 2.10. The van der Waals surface area contributed by atoms with Gasteiger partial charge < -0.3 is 9.80 Å². The van der Waals surface area contributed by atoms with Gasteiger partial charge >= 0.3 is 6.03 Å². The first-order valence-electron chi connectivity index (χ1n) is 3.83. The van der Waals surface area contributed by atoms with Crippen LogP contribution in [0.3, 0.4) is 0 Å². The van der Waals surface area contributed by atoms with Crippen molar-refractivity contribution in [3.63, 3.8) is 0 Å². The predicted octanol–water partition coefficient (Wildman–Crippen LogP) is -0.126. The van der Waals surface area contributed by atoms with Gasteiger partial charge in [-0.25, -0.2) is 4.79 Å². The van der Waals surface area contributed by atoms with Gasteiger partial charge in [0.2, 0.25) is 5.95 Å². The molecule has 0 aromatic carbocycles. The standard InChI is InChI=1S/C7H13N5O/c1-10(2)6-8-5-12(9-6)7(13)11(3)4/h5H,1-4H3. The van der Waals surface area contributed by atoms with E-state index >= 15 is 0 Å². The first-order chi connectivity index (χ1) is 6.02. The third-order valence-corrected chi connectivity index (χ3v) is 1.46. The van der Waals surface area contributed by atoms with Gasteiger partial charge in [0.1, 0.15) is 6.33 Å². The molecule has 1 rings (SSSR count). The Morgan fingerprint density at radius 3 is 2.38 bits per heavy atom. The number of hydrogen-bond acceptors (Lipinski definition) is 4. The van der Waals surface area contributed by atoms with Crippen LogP contribution in [0.1, 0.15) is 0 Å². The third kappa shape index (κ3) is 1.95. The highest BCUT2D eigenvalue weighted by Crippen LogP contribution is 2.00. The number of amides is 1. The van der Waals surface area contributed by atoms with Crippen LogP contribution in [0.15, 0.2) is 6.33 Å². The van der Waals surface area contributed by atoms with E-state index in [0.717, 1.165) is 0 Å². The lowest BCUT2D eigenvalue weighted by atomic mass is 10.8. The van der Waals surface area contributed by atoms with Crippen molar-refractivity contribution in [3.8, 4) is 0 Å². The van der Waals surface area contributed by atoms with Crippen LogP contribution in [0.4, 0.5) is 10.7 Å². The third-order valence-electron chi connectivity index (χ3n) is 1.46. The quantitative estimate of drug-likeness (QED) is 0.608. The summed E-state index contributed by atoms with van der Waals surface area (Å²) < 4.78 is 1.20. The minimum absolute atomic E-state index is 0.208. The molecule has 1 aromatic rings. The van der Waals surface area contributed by atoms with Crippen molar-refractivity contribution < 1.29 is 4.79 Å². The average Bonchev–Trinajstić information content (AvgIpc) is 2.50. The second-order valence-electron chi connectivity index (χ2n) is 3.06. The Kier molecular flexibility index (Phi) is 2.50.